The Balaban J connectivity index is 2.66. The van der Waals surface area contributed by atoms with Crippen LogP contribution in [0.5, 0.6) is 0 Å². The molecule has 1 unspecified atom stereocenters. The summed E-state index contributed by atoms with van der Waals surface area (Å²) in [6.07, 6.45) is 0. The highest BCUT2D eigenvalue weighted by Crippen LogP contribution is 2.29. The largest absolute Gasteiger partial charge is 0.369 e. The molecule has 1 atom stereocenters. The Kier molecular flexibility index (Phi) is 3.54. The molecule has 0 aliphatic carbocycles. The van der Waals surface area contributed by atoms with Crippen molar-refractivity contribution in [3.63, 3.8) is 0 Å². The summed E-state index contributed by atoms with van der Waals surface area (Å²) in [7, 11) is 1.85. The van der Waals surface area contributed by atoms with Gasteiger partial charge in [0.25, 0.3) is 0 Å². The van der Waals surface area contributed by atoms with E-state index in [4.69, 9.17) is 17.3 Å². The zero-order chi connectivity index (χ0) is 15.2. The summed E-state index contributed by atoms with van der Waals surface area (Å²) < 4.78 is 3.70. The molecule has 2 heterocycles. The Morgan fingerprint density at radius 2 is 2.10 bits per heavy atom. The molecular weight excluding hydrogens is 278 g/mol. The first-order valence-electron chi connectivity index (χ1n) is 6.49. The molecule has 0 aliphatic heterocycles. The summed E-state index contributed by atoms with van der Waals surface area (Å²) in [5.41, 5.74) is 7.30. The first kappa shape index (κ1) is 14.8. The number of rotatable bonds is 4. The van der Waals surface area contributed by atoms with Crippen molar-refractivity contribution in [1.29, 1.82) is 0 Å². The van der Waals surface area contributed by atoms with Gasteiger partial charge in [0.05, 0.1) is 16.5 Å². The van der Waals surface area contributed by atoms with Gasteiger partial charge >= 0.3 is 0 Å². The predicted octanol–water partition coefficient (Wildman–Crippen LogP) is 1.89. The summed E-state index contributed by atoms with van der Waals surface area (Å²) in [5, 5.41) is 4.10. The molecule has 2 rings (SSSR count). The summed E-state index contributed by atoms with van der Waals surface area (Å²) in [5.74, 6) is 0.374. The quantitative estimate of drug-likeness (QED) is 0.875. The van der Waals surface area contributed by atoms with Crippen molar-refractivity contribution in [2.75, 3.05) is 0 Å². The van der Waals surface area contributed by atoms with Gasteiger partial charge in [-0.05, 0) is 27.7 Å². The van der Waals surface area contributed by atoms with Gasteiger partial charge in [-0.2, -0.15) is 5.10 Å². The van der Waals surface area contributed by atoms with Gasteiger partial charge in [0, 0.05) is 13.6 Å². The lowest BCUT2D eigenvalue weighted by atomic mass is 9.92. The zero-order valence-corrected chi connectivity index (χ0v) is 13.2. The van der Waals surface area contributed by atoms with Crippen LogP contribution < -0.4 is 5.73 Å². The molecule has 2 aromatic heterocycles. The highest BCUT2D eigenvalue weighted by Gasteiger charge is 2.30. The number of imidazole rings is 1. The molecule has 0 bridgehead atoms. The molecule has 0 radical (unpaired) electrons. The summed E-state index contributed by atoms with van der Waals surface area (Å²) in [4.78, 5) is 16.2. The fourth-order valence-electron chi connectivity index (χ4n) is 2.28. The third-order valence-electron chi connectivity index (χ3n) is 3.50. The molecular formula is C13H20ClN5O. The van der Waals surface area contributed by atoms with Crippen LogP contribution in [0.3, 0.4) is 0 Å². The number of aromatic nitrogens is 4. The maximum atomic E-state index is 11.6. The molecule has 7 heteroatoms. The molecule has 0 aliphatic rings. The molecule has 0 spiro atoms. The Morgan fingerprint density at radius 1 is 1.50 bits per heavy atom. The van der Waals surface area contributed by atoms with Crippen LogP contribution in [-0.4, -0.2) is 25.2 Å². The van der Waals surface area contributed by atoms with Crippen molar-refractivity contribution >= 4 is 28.7 Å². The third-order valence-corrected chi connectivity index (χ3v) is 3.69. The fraction of sp³-hybridized carbons (Fsp3) is 0.615. The highest BCUT2D eigenvalue weighted by atomic mass is 35.5. The normalized spacial score (nSPS) is 13.9. The molecule has 0 saturated heterocycles. The van der Waals surface area contributed by atoms with Crippen LogP contribution in [0.15, 0.2) is 0 Å². The number of nitrogens with two attached hydrogens (primary N) is 1. The maximum absolute atomic E-state index is 11.6. The zero-order valence-electron chi connectivity index (χ0n) is 12.4. The van der Waals surface area contributed by atoms with E-state index in [1.165, 1.54) is 0 Å². The first-order chi connectivity index (χ1) is 9.15. The van der Waals surface area contributed by atoms with Crippen molar-refractivity contribution < 1.29 is 4.79 Å². The average molecular weight is 298 g/mol. The SMILES string of the molecule is Cc1nn(C)c2c1nc(C(C)Cl)n2CC(C)(C)C(N)=O. The summed E-state index contributed by atoms with van der Waals surface area (Å²) >= 11 is 6.22. The number of amides is 1. The minimum absolute atomic E-state index is 0.259. The van der Waals surface area contributed by atoms with Crippen molar-refractivity contribution in [3.05, 3.63) is 11.5 Å². The van der Waals surface area contributed by atoms with Crippen LogP contribution in [0.1, 0.15) is 37.7 Å². The first-order valence-corrected chi connectivity index (χ1v) is 6.92. The van der Waals surface area contributed by atoms with Crippen LogP contribution in [-0.2, 0) is 18.4 Å². The topological polar surface area (TPSA) is 78.7 Å². The van der Waals surface area contributed by atoms with Crippen molar-refractivity contribution in [2.45, 2.75) is 39.6 Å². The minimum atomic E-state index is -0.688. The van der Waals surface area contributed by atoms with E-state index in [-0.39, 0.29) is 11.3 Å². The number of carbonyl (C=O) groups is 1. The van der Waals surface area contributed by atoms with Crippen LogP contribution in [0.4, 0.5) is 0 Å². The van der Waals surface area contributed by atoms with Crippen molar-refractivity contribution in [1.82, 2.24) is 19.3 Å². The van der Waals surface area contributed by atoms with Gasteiger partial charge < -0.3 is 10.3 Å². The molecule has 2 aromatic rings. The molecule has 0 fully saturated rings. The average Bonchev–Trinajstić information content (AvgIpc) is 2.79. The third kappa shape index (κ3) is 2.28. The van der Waals surface area contributed by atoms with E-state index in [0.29, 0.717) is 6.54 Å². The molecule has 0 saturated carbocycles. The monoisotopic (exact) mass is 297 g/mol. The second kappa shape index (κ2) is 4.77. The smallest absolute Gasteiger partial charge is 0.224 e. The van der Waals surface area contributed by atoms with Gasteiger partial charge in [0.2, 0.25) is 5.91 Å². The predicted molar refractivity (Wildman–Crippen MR) is 78.5 cm³/mol. The van der Waals surface area contributed by atoms with Gasteiger partial charge in [0.1, 0.15) is 11.3 Å². The number of nitrogens with zero attached hydrogens (tertiary/aromatic N) is 4. The van der Waals surface area contributed by atoms with Gasteiger partial charge in [-0.25, -0.2) is 4.98 Å². The van der Waals surface area contributed by atoms with E-state index in [1.54, 1.807) is 4.68 Å². The maximum Gasteiger partial charge on any atom is 0.224 e. The molecule has 6 nitrogen and oxygen atoms in total. The van der Waals surface area contributed by atoms with Crippen LogP contribution >= 0.6 is 11.6 Å². The number of hydrogen-bond donors (Lipinski definition) is 1. The number of carbonyl (C=O) groups excluding carboxylic acids is 1. The number of aryl methyl sites for hydroxylation is 2. The van der Waals surface area contributed by atoms with Gasteiger partial charge in [-0.3, -0.25) is 9.48 Å². The van der Waals surface area contributed by atoms with Crippen LogP contribution in [0, 0.1) is 12.3 Å². The van der Waals surface area contributed by atoms with Crippen molar-refractivity contribution in [3.8, 4) is 0 Å². The number of hydrogen-bond acceptors (Lipinski definition) is 3. The summed E-state index contributed by atoms with van der Waals surface area (Å²) in [6.45, 7) is 7.81. The van der Waals surface area contributed by atoms with Gasteiger partial charge in [-0.1, -0.05) is 0 Å². The van der Waals surface area contributed by atoms with Gasteiger partial charge in [-0.15, -0.1) is 11.6 Å². The van der Waals surface area contributed by atoms with E-state index in [2.05, 4.69) is 10.1 Å². The van der Waals surface area contributed by atoms with Crippen LogP contribution in [0.2, 0.25) is 0 Å². The molecule has 1 amide bonds. The number of alkyl halides is 1. The van der Waals surface area contributed by atoms with Gasteiger partial charge in [0.15, 0.2) is 5.65 Å². The Labute approximate surface area is 122 Å². The second-order valence-corrected chi connectivity index (χ2v) is 6.46. The van der Waals surface area contributed by atoms with Crippen molar-refractivity contribution in [2.24, 2.45) is 18.2 Å². The Morgan fingerprint density at radius 3 is 2.60 bits per heavy atom. The minimum Gasteiger partial charge on any atom is -0.369 e. The number of fused-ring (bicyclic) bond motifs is 1. The second-order valence-electron chi connectivity index (χ2n) is 5.80. The Bertz CT molecular complexity index is 668. The fourth-order valence-corrected chi connectivity index (χ4v) is 2.45. The number of halogens is 1. The molecule has 110 valence electrons. The standard InChI is InChI=1S/C13H20ClN5O/c1-7(14)10-16-9-8(2)17-18(5)11(9)19(10)6-13(3,4)12(15)20/h7H,6H2,1-5H3,(H2,15,20). The lowest BCUT2D eigenvalue weighted by molar-refractivity contribution is -0.126. The summed E-state index contributed by atoms with van der Waals surface area (Å²) in [6, 6.07) is 0. The van der Waals surface area contributed by atoms with E-state index in [0.717, 1.165) is 22.7 Å². The lowest BCUT2D eigenvalue weighted by Gasteiger charge is -2.23. The number of primary amides is 1. The van der Waals surface area contributed by atoms with Crippen LogP contribution in [0.25, 0.3) is 11.2 Å². The molecule has 2 N–H and O–H groups in total. The highest BCUT2D eigenvalue weighted by molar-refractivity contribution is 6.20. The van der Waals surface area contributed by atoms with E-state index >= 15 is 0 Å². The van der Waals surface area contributed by atoms with E-state index in [9.17, 15) is 4.79 Å². The molecule has 20 heavy (non-hydrogen) atoms. The van der Waals surface area contributed by atoms with E-state index in [1.807, 2.05) is 39.3 Å². The molecule has 0 aromatic carbocycles. The van der Waals surface area contributed by atoms with E-state index < -0.39 is 5.41 Å². The lowest BCUT2D eigenvalue weighted by Crippen LogP contribution is -2.36. The Hall–Kier alpha value is -1.56.